The van der Waals surface area contributed by atoms with Gasteiger partial charge in [0.25, 0.3) is 0 Å². The first kappa shape index (κ1) is 23.8. The van der Waals surface area contributed by atoms with E-state index in [-0.39, 0.29) is 11.9 Å². The van der Waals surface area contributed by atoms with Crippen LogP contribution in [0, 0.1) is 6.92 Å². The lowest BCUT2D eigenvalue weighted by Gasteiger charge is -2.40. The Morgan fingerprint density at radius 3 is 2.26 bits per heavy atom. The van der Waals surface area contributed by atoms with E-state index in [1.54, 1.807) is 0 Å². The van der Waals surface area contributed by atoms with Gasteiger partial charge >= 0.3 is 0 Å². The lowest BCUT2D eigenvalue weighted by molar-refractivity contribution is -0.120. The molecule has 1 unspecified atom stereocenters. The van der Waals surface area contributed by atoms with E-state index in [9.17, 15) is 4.79 Å². The van der Waals surface area contributed by atoms with E-state index in [1.807, 2.05) is 12.1 Å². The number of piperazine rings is 1. The highest BCUT2D eigenvalue weighted by Crippen LogP contribution is 2.25. The first-order valence-corrected chi connectivity index (χ1v) is 12.1. The van der Waals surface area contributed by atoms with Crippen LogP contribution in [0.15, 0.2) is 78.9 Å². The third kappa shape index (κ3) is 6.17. The Balaban J connectivity index is 1.44. The van der Waals surface area contributed by atoms with Gasteiger partial charge in [-0.05, 0) is 42.3 Å². The minimum Gasteiger partial charge on any atom is -0.378 e. The molecule has 0 aliphatic carbocycles. The molecule has 3 aromatic rings. The number of nitrogens with one attached hydrogen (secondary N) is 1. The molecule has 1 fully saturated rings. The van der Waals surface area contributed by atoms with Gasteiger partial charge in [-0.1, -0.05) is 60.2 Å². The van der Waals surface area contributed by atoms with E-state index in [0.29, 0.717) is 13.0 Å². The van der Waals surface area contributed by atoms with Gasteiger partial charge in [-0.2, -0.15) is 0 Å². The van der Waals surface area contributed by atoms with Gasteiger partial charge in [0.05, 0.1) is 12.5 Å². The first-order chi connectivity index (χ1) is 16.5. The highest BCUT2D eigenvalue weighted by Gasteiger charge is 2.26. The number of carbonyl (C=O) groups is 1. The average molecular weight is 457 g/mol. The molecular weight excluding hydrogens is 420 g/mol. The Morgan fingerprint density at radius 1 is 0.912 bits per heavy atom. The van der Waals surface area contributed by atoms with Crippen LogP contribution in [0.25, 0.3) is 0 Å². The normalized spacial score (nSPS) is 15.1. The number of hydrogen-bond donors (Lipinski definition) is 1. The van der Waals surface area contributed by atoms with Gasteiger partial charge < -0.3 is 15.1 Å². The topological polar surface area (TPSA) is 38.8 Å². The molecule has 4 rings (SSSR count). The van der Waals surface area contributed by atoms with Gasteiger partial charge in [-0.25, -0.2) is 0 Å². The minimum absolute atomic E-state index is 0.0726. The van der Waals surface area contributed by atoms with E-state index in [2.05, 4.69) is 108 Å². The number of para-hydroxylation sites is 1. The maximum absolute atomic E-state index is 12.8. The number of benzene rings is 3. The number of amides is 1. The number of carbonyl (C=O) groups excluding carboxylic acids is 1. The van der Waals surface area contributed by atoms with Crippen molar-refractivity contribution in [2.75, 3.05) is 56.6 Å². The molecule has 1 aliphatic heterocycles. The molecule has 0 aromatic heterocycles. The molecule has 0 radical (unpaired) electrons. The predicted octanol–water partition coefficient (Wildman–Crippen LogP) is 4.28. The zero-order valence-electron chi connectivity index (χ0n) is 20.6. The molecule has 1 saturated heterocycles. The molecule has 3 aromatic carbocycles. The van der Waals surface area contributed by atoms with Crippen molar-refractivity contribution in [1.82, 2.24) is 10.2 Å². The van der Waals surface area contributed by atoms with Gasteiger partial charge in [0.15, 0.2) is 0 Å². The fraction of sp³-hybridized carbons (Fsp3) is 0.345. The second-order valence-corrected chi connectivity index (χ2v) is 9.33. The molecule has 1 N–H and O–H groups in total. The summed E-state index contributed by atoms with van der Waals surface area (Å²) in [6.45, 7) is 6.55. The molecule has 5 heteroatoms. The summed E-state index contributed by atoms with van der Waals surface area (Å²) in [6, 6.07) is 27.7. The number of anilines is 2. The van der Waals surface area contributed by atoms with Crippen molar-refractivity contribution in [1.29, 1.82) is 0 Å². The van der Waals surface area contributed by atoms with E-state index >= 15 is 0 Å². The van der Waals surface area contributed by atoms with Crippen molar-refractivity contribution >= 4 is 17.3 Å². The predicted molar refractivity (Wildman–Crippen MR) is 142 cm³/mol. The van der Waals surface area contributed by atoms with Crippen molar-refractivity contribution in [3.8, 4) is 0 Å². The second-order valence-electron chi connectivity index (χ2n) is 9.33. The molecule has 178 valence electrons. The van der Waals surface area contributed by atoms with E-state index in [0.717, 1.165) is 31.7 Å². The molecule has 5 nitrogen and oxygen atoms in total. The molecule has 0 bridgehead atoms. The maximum Gasteiger partial charge on any atom is 0.224 e. The monoisotopic (exact) mass is 456 g/mol. The Morgan fingerprint density at radius 2 is 1.62 bits per heavy atom. The van der Waals surface area contributed by atoms with Gasteiger partial charge in [0, 0.05) is 58.2 Å². The van der Waals surface area contributed by atoms with Crippen molar-refractivity contribution < 1.29 is 4.79 Å². The van der Waals surface area contributed by atoms with Crippen molar-refractivity contribution in [3.63, 3.8) is 0 Å². The molecule has 0 saturated carbocycles. The van der Waals surface area contributed by atoms with E-state index < -0.39 is 0 Å². The summed E-state index contributed by atoms with van der Waals surface area (Å²) < 4.78 is 0. The van der Waals surface area contributed by atoms with Crippen LogP contribution in [-0.4, -0.2) is 57.6 Å². The minimum atomic E-state index is 0.0726. The Kier molecular flexibility index (Phi) is 7.86. The van der Waals surface area contributed by atoms with Crippen LogP contribution < -0.4 is 15.1 Å². The van der Waals surface area contributed by atoms with Gasteiger partial charge in [-0.15, -0.1) is 0 Å². The molecule has 1 atom stereocenters. The highest BCUT2D eigenvalue weighted by atomic mass is 16.1. The zero-order chi connectivity index (χ0) is 23.9. The third-order valence-electron chi connectivity index (χ3n) is 6.61. The molecular formula is C29H36N4O. The summed E-state index contributed by atoms with van der Waals surface area (Å²) in [6.07, 6.45) is 0.412. The quantitative estimate of drug-likeness (QED) is 0.549. The molecule has 1 amide bonds. The second kappa shape index (κ2) is 11.2. The largest absolute Gasteiger partial charge is 0.378 e. The Hall–Kier alpha value is -3.31. The number of nitrogens with zero attached hydrogens (tertiary/aromatic N) is 3. The lowest BCUT2D eigenvalue weighted by Crippen LogP contribution is -2.50. The van der Waals surface area contributed by atoms with E-state index in [4.69, 9.17) is 0 Å². The summed E-state index contributed by atoms with van der Waals surface area (Å²) in [4.78, 5) is 19.8. The SMILES string of the molecule is Cc1cccc(CC(=O)NCC(c2ccc(N(C)C)cc2)N2CCN(c3ccccc3)CC2)c1. The first-order valence-electron chi connectivity index (χ1n) is 12.1. The van der Waals surface area contributed by atoms with E-state index in [1.165, 1.54) is 22.5 Å². The summed E-state index contributed by atoms with van der Waals surface area (Å²) >= 11 is 0. The number of rotatable bonds is 8. The van der Waals surface area contributed by atoms with Crippen molar-refractivity contribution in [2.45, 2.75) is 19.4 Å². The number of hydrogen-bond acceptors (Lipinski definition) is 4. The third-order valence-corrected chi connectivity index (χ3v) is 6.61. The van der Waals surface area contributed by atoms with Crippen LogP contribution in [0.5, 0.6) is 0 Å². The number of aryl methyl sites for hydroxylation is 1. The van der Waals surface area contributed by atoms with Gasteiger partial charge in [0.2, 0.25) is 5.91 Å². The highest BCUT2D eigenvalue weighted by molar-refractivity contribution is 5.78. The smallest absolute Gasteiger partial charge is 0.224 e. The molecule has 0 spiro atoms. The molecule has 1 aliphatic rings. The average Bonchev–Trinajstić information content (AvgIpc) is 2.85. The standard InChI is InChI=1S/C29H36N4O/c1-23-8-7-9-24(20-23)21-29(34)30-22-28(25-12-14-26(15-13-25)31(2)3)33-18-16-32(17-19-33)27-10-5-4-6-11-27/h4-15,20,28H,16-19,21-22H2,1-3H3,(H,30,34). The fourth-order valence-corrected chi connectivity index (χ4v) is 4.66. The molecule has 34 heavy (non-hydrogen) atoms. The summed E-state index contributed by atoms with van der Waals surface area (Å²) in [5.41, 5.74) is 5.94. The molecule has 1 heterocycles. The Labute approximate surface area is 204 Å². The van der Waals surface area contributed by atoms with Crippen LogP contribution in [0.2, 0.25) is 0 Å². The van der Waals surface area contributed by atoms with Crippen LogP contribution in [-0.2, 0) is 11.2 Å². The van der Waals surface area contributed by atoms with Gasteiger partial charge in [0.1, 0.15) is 0 Å². The van der Waals surface area contributed by atoms with Crippen molar-refractivity contribution in [3.05, 3.63) is 95.6 Å². The van der Waals surface area contributed by atoms with Crippen molar-refractivity contribution in [2.24, 2.45) is 0 Å². The maximum atomic E-state index is 12.8. The van der Waals surface area contributed by atoms with Crippen LogP contribution in [0.3, 0.4) is 0 Å². The van der Waals surface area contributed by atoms with Crippen LogP contribution in [0.1, 0.15) is 22.7 Å². The van der Waals surface area contributed by atoms with Crippen LogP contribution >= 0.6 is 0 Å². The van der Waals surface area contributed by atoms with Gasteiger partial charge in [-0.3, -0.25) is 9.69 Å². The summed E-state index contributed by atoms with van der Waals surface area (Å²) in [5.74, 6) is 0.0726. The fourth-order valence-electron chi connectivity index (χ4n) is 4.66. The lowest BCUT2D eigenvalue weighted by atomic mass is 10.0. The summed E-state index contributed by atoms with van der Waals surface area (Å²) in [5, 5.41) is 3.22. The van der Waals surface area contributed by atoms with Crippen LogP contribution in [0.4, 0.5) is 11.4 Å². The Bertz CT molecular complexity index is 1060. The summed E-state index contributed by atoms with van der Waals surface area (Å²) in [7, 11) is 4.11. The zero-order valence-corrected chi connectivity index (χ0v) is 20.6.